The Balaban J connectivity index is 2.38. The highest BCUT2D eigenvalue weighted by molar-refractivity contribution is 6.30. The SMILES string of the molecule is N#Cc1cccc(Oc2ncc(Cl)cc2C(=O)O)c1. The normalized spacial score (nSPS) is 9.68. The van der Waals surface area contributed by atoms with E-state index < -0.39 is 5.97 Å². The topological polar surface area (TPSA) is 83.2 Å². The van der Waals surface area contributed by atoms with E-state index in [0.29, 0.717) is 11.3 Å². The molecule has 94 valence electrons. The Morgan fingerprint density at radius 3 is 2.89 bits per heavy atom. The Morgan fingerprint density at radius 1 is 1.42 bits per heavy atom. The summed E-state index contributed by atoms with van der Waals surface area (Å²) in [5, 5.41) is 18.0. The van der Waals surface area contributed by atoms with Gasteiger partial charge >= 0.3 is 5.97 Å². The maximum atomic E-state index is 11.1. The number of hydrogen-bond donors (Lipinski definition) is 1. The van der Waals surface area contributed by atoms with E-state index in [9.17, 15) is 4.79 Å². The van der Waals surface area contributed by atoms with Crippen molar-refractivity contribution in [2.45, 2.75) is 0 Å². The number of carboxylic acids is 1. The van der Waals surface area contributed by atoms with Crippen molar-refractivity contribution in [3.63, 3.8) is 0 Å². The van der Waals surface area contributed by atoms with E-state index in [-0.39, 0.29) is 16.5 Å². The van der Waals surface area contributed by atoms with Gasteiger partial charge in [-0.05, 0) is 24.3 Å². The van der Waals surface area contributed by atoms with E-state index >= 15 is 0 Å². The van der Waals surface area contributed by atoms with Crippen LogP contribution in [-0.4, -0.2) is 16.1 Å². The van der Waals surface area contributed by atoms with E-state index in [0.717, 1.165) is 0 Å². The molecule has 0 bridgehead atoms. The molecule has 0 spiro atoms. The highest BCUT2D eigenvalue weighted by Crippen LogP contribution is 2.25. The molecule has 0 aliphatic carbocycles. The van der Waals surface area contributed by atoms with E-state index in [4.69, 9.17) is 26.7 Å². The first-order valence-electron chi connectivity index (χ1n) is 5.17. The van der Waals surface area contributed by atoms with Gasteiger partial charge in [0.25, 0.3) is 0 Å². The smallest absolute Gasteiger partial charge is 0.341 e. The zero-order valence-electron chi connectivity index (χ0n) is 9.50. The summed E-state index contributed by atoms with van der Waals surface area (Å²) in [5.74, 6) is -0.940. The second kappa shape index (κ2) is 5.38. The first-order valence-corrected chi connectivity index (χ1v) is 5.55. The fourth-order valence-electron chi connectivity index (χ4n) is 1.40. The molecular formula is C13H7ClN2O3. The molecule has 6 heteroatoms. The summed E-state index contributed by atoms with van der Waals surface area (Å²) in [5.41, 5.74) is 0.262. The minimum Gasteiger partial charge on any atom is -0.477 e. The van der Waals surface area contributed by atoms with Crippen molar-refractivity contribution in [3.05, 3.63) is 52.7 Å². The van der Waals surface area contributed by atoms with Crippen LogP contribution in [0, 0.1) is 11.3 Å². The average molecular weight is 275 g/mol. The van der Waals surface area contributed by atoms with Gasteiger partial charge in [0.15, 0.2) is 0 Å². The van der Waals surface area contributed by atoms with Crippen LogP contribution in [-0.2, 0) is 0 Å². The number of ether oxygens (including phenoxy) is 1. The highest BCUT2D eigenvalue weighted by atomic mass is 35.5. The molecule has 1 heterocycles. The third-order valence-corrected chi connectivity index (χ3v) is 2.43. The molecule has 5 nitrogen and oxygen atoms in total. The number of benzene rings is 1. The first kappa shape index (κ1) is 12.9. The minimum absolute atomic E-state index is 0.0769. The monoisotopic (exact) mass is 274 g/mol. The number of pyridine rings is 1. The van der Waals surface area contributed by atoms with Gasteiger partial charge in [0.1, 0.15) is 11.3 Å². The van der Waals surface area contributed by atoms with E-state index in [1.165, 1.54) is 18.3 Å². The number of aromatic nitrogens is 1. The van der Waals surface area contributed by atoms with Crippen LogP contribution >= 0.6 is 11.6 Å². The fourth-order valence-corrected chi connectivity index (χ4v) is 1.56. The molecule has 2 aromatic rings. The molecule has 2 rings (SSSR count). The predicted octanol–water partition coefficient (Wildman–Crippen LogP) is 3.10. The molecule has 1 aromatic heterocycles. The van der Waals surface area contributed by atoms with Crippen LogP contribution in [0.15, 0.2) is 36.5 Å². The third kappa shape index (κ3) is 3.00. The summed E-state index contributed by atoms with van der Waals surface area (Å²) in [4.78, 5) is 14.9. The summed E-state index contributed by atoms with van der Waals surface area (Å²) in [6, 6.07) is 9.54. The highest BCUT2D eigenvalue weighted by Gasteiger charge is 2.14. The van der Waals surface area contributed by atoms with Gasteiger partial charge in [-0.2, -0.15) is 5.26 Å². The van der Waals surface area contributed by atoms with Gasteiger partial charge in [0, 0.05) is 6.20 Å². The summed E-state index contributed by atoms with van der Waals surface area (Å²) >= 11 is 5.69. The van der Waals surface area contributed by atoms with Crippen LogP contribution in [0.2, 0.25) is 5.02 Å². The molecule has 0 atom stereocenters. The lowest BCUT2D eigenvalue weighted by atomic mass is 10.2. The minimum atomic E-state index is -1.19. The first-order chi connectivity index (χ1) is 9.10. The number of nitriles is 1. The number of carbonyl (C=O) groups is 1. The Kier molecular flexibility index (Phi) is 3.64. The Labute approximate surface area is 113 Å². The van der Waals surface area contributed by atoms with Crippen LogP contribution < -0.4 is 4.74 Å². The van der Waals surface area contributed by atoms with Crippen molar-refractivity contribution in [1.82, 2.24) is 4.98 Å². The summed E-state index contributed by atoms with van der Waals surface area (Å²) in [6.45, 7) is 0. The maximum Gasteiger partial charge on any atom is 0.341 e. The van der Waals surface area contributed by atoms with Gasteiger partial charge in [-0.1, -0.05) is 17.7 Å². The van der Waals surface area contributed by atoms with Crippen molar-refractivity contribution in [1.29, 1.82) is 5.26 Å². The largest absolute Gasteiger partial charge is 0.477 e. The number of carboxylic acid groups (broad SMARTS) is 1. The number of halogens is 1. The lowest BCUT2D eigenvalue weighted by Crippen LogP contribution is -2.02. The van der Waals surface area contributed by atoms with Gasteiger partial charge in [-0.25, -0.2) is 9.78 Å². The third-order valence-electron chi connectivity index (χ3n) is 2.23. The van der Waals surface area contributed by atoms with Crippen LogP contribution in [0.1, 0.15) is 15.9 Å². The van der Waals surface area contributed by atoms with Crippen molar-refractivity contribution < 1.29 is 14.6 Å². The molecule has 1 N–H and O–H groups in total. The summed E-state index contributed by atoms with van der Waals surface area (Å²) in [6.07, 6.45) is 1.29. The number of nitrogens with zero attached hydrogens (tertiary/aromatic N) is 2. The summed E-state index contributed by atoms with van der Waals surface area (Å²) in [7, 11) is 0. The van der Waals surface area contributed by atoms with E-state index in [1.54, 1.807) is 18.2 Å². The van der Waals surface area contributed by atoms with Crippen LogP contribution in [0.25, 0.3) is 0 Å². The van der Waals surface area contributed by atoms with E-state index in [2.05, 4.69) is 4.98 Å². The average Bonchev–Trinajstić information content (AvgIpc) is 2.41. The number of hydrogen-bond acceptors (Lipinski definition) is 4. The van der Waals surface area contributed by atoms with Gasteiger partial charge < -0.3 is 9.84 Å². The molecule has 19 heavy (non-hydrogen) atoms. The van der Waals surface area contributed by atoms with Gasteiger partial charge in [-0.3, -0.25) is 0 Å². The molecule has 0 saturated carbocycles. The number of rotatable bonds is 3. The molecule has 0 aliphatic rings. The molecule has 0 unspecified atom stereocenters. The van der Waals surface area contributed by atoms with Gasteiger partial charge in [0.2, 0.25) is 5.88 Å². The van der Waals surface area contributed by atoms with Gasteiger partial charge in [0.05, 0.1) is 16.7 Å². The van der Waals surface area contributed by atoms with Crippen LogP contribution in [0.3, 0.4) is 0 Å². The van der Waals surface area contributed by atoms with Crippen molar-refractivity contribution in [3.8, 4) is 17.7 Å². The molecule has 0 saturated heterocycles. The molecule has 0 aliphatic heterocycles. The van der Waals surface area contributed by atoms with Crippen molar-refractivity contribution in [2.24, 2.45) is 0 Å². The molecule has 0 amide bonds. The maximum absolute atomic E-state index is 11.1. The zero-order chi connectivity index (χ0) is 13.8. The second-order valence-electron chi connectivity index (χ2n) is 3.55. The Hall–Kier alpha value is -2.58. The lowest BCUT2D eigenvalue weighted by Gasteiger charge is -2.07. The quantitative estimate of drug-likeness (QED) is 0.930. The van der Waals surface area contributed by atoms with E-state index in [1.807, 2.05) is 6.07 Å². The molecule has 1 aromatic carbocycles. The van der Waals surface area contributed by atoms with Crippen LogP contribution in [0.5, 0.6) is 11.6 Å². The Morgan fingerprint density at radius 2 is 2.21 bits per heavy atom. The lowest BCUT2D eigenvalue weighted by molar-refractivity contribution is 0.0693. The van der Waals surface area contributed by atoms with Crippen molar-refractivity contribution >= 4 is 17.6 Å². The molecule has 0 fully saturated rings. The standard InChI is InChI=1S/C13H7ClN2O3/c14-9-5-11(13(17)18)12(16-7-9)19-10-3-1-2-8(4-10)6-15/h1-5,7H,(H,17,18). The van der Waals surface area contributed by atoms with Gasteiger partial charge in [-0.15, -0.1) is 0 Å². The fraction of sp³-hybridized carbons (Fsp3) is 0. The Bertz CT molecular complexity index is 680. The zero-order valence-corrected chi connectivity index (χ0v) is 10.3. The number of aromatic carboxylic acids is 1. The molecule has 0 radical (unpaired) electrons. The summed E-state index contributed by atoms with van der Waals surface area (Å²) < 4.78 is 5.37. The van der Waals surface area contributed by atoms with Crippen molar-refractivity contribution in [2.75, 3.05) is 0 Å². The second-order valence-corrected chi connectivity index (χ2v) is 3.99. The predicted molar refractivity (Wildman–Crippen MR) is 67.4 cm³/mol. The molecular weight excluding hydrogens is 268 g/mol. The van der Waals surface area contributed by atoms with Crippen LogP contribution in [0.4, 0.5) is 0 Å².